The first-order valence-electron chi connectivity index (χ1n) is 11.4. The lowest BCUT2D eigenvalue weighted by Gasteiger charge is -2.34. The maximum Gasteiger partial charge on any atom is 0.219 e. The van der Waals surface area contributed by atoms with Crippen LogP contribution in [-0.4, -0.2) is 99.6 Å². The number of guanidine groups is 1. The van der Waals surface area contributed by atoms with Crippen molar-refractivity contribution in [3.05, 3.63) is 29.8 Å². The van der Waals surface area contributed by atoms with Crippen molar-refractivity contribution in [3.8, 4) is 5.75 Å². The van der Waals surface area contributed by atoms with Crippen molar-refractivity contribution >= 4 is 11.9 Å². The van der Waals surface area contributed by atoms with E-state index in [1.807, 2.05) is 24.1 Å². The molecule has 0 aromatic heterocycles. The number of nitrogens with zero attached hydrogens (tertiary/aromatic N) is 4. The standard InChI is InChI=1S/C23H38N6O2/c1-19(30)28-16-14-27(15-17-28)13-10-25-23(24-2)26-18-22(29-11-4-5-12-29)20-6-8-21(31-3)9-7-20/h6-9,22H,4-5,10-18H2,1-3H3,(H2,24,25,26). The summed E-state index contributed by atoms with van der Waals surface area (Å²) in [7, 11) is 3.52. The van der Waals surface area contributed by atoms with Gasteiger partial charge in [-0.25, -0.2) is 0 Å². The molecule has 2 aliphatic rings. The van der Waals surface area contributed by atoms with Gasteiger partial charge in [0.1, 0.15) is 5.75 Å². The van der Waals surface area contributed by atoms with E-state index in [-0.39, 0.29) is 5.91 Å². The van der Waals surface area contributed by atoms with Crippen molar-refractivity contribution in [1.82, 2.24) is 25.3 Å². The van der Waals surface area contributed by atoms with Gasteiger partial charge < -0.3 is 20.3 Å². The molecule has 8 heteroatoms. The maximum atomic E-state index is 11.5. The third-order valence-corrected chi connectivity index (χ3v) is 6.31. The third kappa shape index (κ3) is 6.83. The zero-order chi connectivity index (χ0) is 22.1. The Morgan fingerprint density at radius 2 is 1.74 bits per heavy atom. The molecule has 3 rings (SSSR count). The molecule has 172 valence electrons. The molecule has 1 unspecified atom stereocenters. The van der Waals surface area contributed by atoms with E-state index >= 15 is 0 Å². The summed E-state index contributed by atoms with van der Waals surface area (Å²) in [6.45, 7) is 10.0. The average molecular weight is 431 g/mol. The molecule has 2 fully saturated rings. The molecule has 1 aromatic rings. The quantitative estimate of drug-likeness (QED) is 0.476. The van der Waals surface area contributed by atoms with Crippen LogP contribution in [0.5, 0.6) is 5.75 Å². The second-order valence-electron chi connectivity index (χ2n) is 8.26. The SMILES string of the molecule is CN=C(NCCN1CCN(C(C)=O)CC1)NCC(c1ccc(OC)cc1)N1CCCC1. The zero-order valence-electron chi connectivity index (χ0n) is 19.3. The molecule has 0 radical (unpaired) electrons. The van der Waals surface area contributed by atoms with Crippen LogP contribution in [0.15, 0.2) is 29.3 Å². The van der Waals surface area contributed by atoms with Gasteiger partial charge in [-0.05, 0) is 43.6 Å². The lowest BCUT2D eigenvalue weighted by Crippen LogP contribution is -2.50. The zero-order valence-corrected chi connectivity index (χ0v) is 19.3. The van der Waals surface area contributed by atoms with Crippen molar-refractivity contribution in [2.45, 2.75) is 25.8 Å². The number of carbonyl (C=O) groups excluding carboxylic acids is 1. The normalized spacial score (nSPS) is 19.3. The highest BCUT2D eigenvalue weighted by atomic mass is 16.5. The maximum absolute atomic E-state index is 11.5. The number of carbonyl (C=O) groups is 1. The predicted octanol–water partition coefficient (Wildman–Crippen LogP) is 1.16. The minimum Gasteiger partial charge on any atom is -0.497 e. The van der Waals surface area contributed by atoms with E-state index in [0.29, 0.717) is 6.04 Å². The molecular weight excluding hydrogens is 392 g/mol. The Labute approximate surface area is 186 Å². The molecule has 2 saturated heterocycles. The Kier molecular flexibility index (Phi) is 8.97. The summed E-state index contributed by atoms with van der Waals surface area (Å²) in [5.41, 5.74) is 1.30. The highest BCUT2D eigenvalue weighted by molar-refractivity contribution is 5.79. The summed E-state index contributed by atoms with van der Waals surface area (Å²) in [6, 6.07) is 8.72. The van der Waals surface area contributed by atoms with Gasteiger partial charge in [-0.1, -0.05) is 12.1 Å². The summed E-state index contributed by atoms with van der Waals surface area (Å²) in [4.78, 5) is 22.7. The number of likely N-dealkylation sites (tertiary alicyclic amines) is 1. The van der Waals surface area contributed by atoms with Crippen molar-refractivity contribution < 1.29 is 9.53 Å². The summed E-state index contributed by atoms with van der Waals surface area (Å²) in [5.74, 6) is 1.89. The summed E-state index contributed by atoms with van der Waals surface area (Å²) in [6.07, 6.45) is 2.52. The largest absolute Gasteiger partial charge is 0.497 e. The second-order valence-corrected chi connectivity index (χ2v) is 8.26. The summed E-state index contributed by atoms with van der Waals surface area (Å²) < 4.78 is 5.32. The molecule has 0 spiro atoms. The molecule has 0 saturated carbocycles. The fourth-order valence-electron chi connectivity index (χ4n) is 4.37. The molecule has 2 aliphatic heterocycles. The van der Waals surface area contributed by atoms with Gasteiger partial charge in [0.15, 0.2) is 5.96 Å². The number of nitrogens with one attached hydrogen (secondary N) is 2. The van der Waals surface area contributed by atoms with E-state index in [1.165, 1.54) is 18.4 Å². The van der Waals surface area contributed by atoms with Crippen LogP contribution in [0, 0.1) is 0 Å². The number of amides is 1. The second kappa shape index (κ2) is 11.9. The van der Waals surface area contributed by atoms with E-state index in [4.69, 9.17) is 4.74 Å². The molecule has 1 amide bonds. The smallest absolute Gasteiger partial charge is 0.219 e. The minimum absolute atomic E-state index is 0.173. The van der Waals surface area contributed by atoms with Crippen LogP contribution in [0.3, 0.4) is 0 Å². The van der Waals surface area contributed by atoms with Crippen molar-refractivity contribution in [2.75, 3.05) is 73.1 Å². The molecule has 1 atom stereocenters. The first-order valence-corrected chi connectivity index (χ1v) is 11.4. The van der Waals surface area contributed by atoms with Crippen LogP contribution in [0.2, 0.25) is 0 Å². The average Bonchev–Trinajstić information content (AvgIpc) is 3.33. The van der Waals surface area contributed by atoms with E-state index in [1.54, 1.807) is 14.0 Å². The van der Waals surface area contributed by atoms with Gasteiger partial charge in [0.05, 0.1) is 13.2 Å². The first kappa shape index (κ1) is 23.3. The van der Waals surface area contributed by atoms with Crippen molar-refractivity contribution in [1.29, 1.82) is 0 Å². The van der Waals surface area contributed by atoms with Crippen molar-refractivity contribution in [2.24, 2.45) is 4.99 Å². The molecule has 8 nitrogen and oxygen atoms in total. The number of aliphatic imine (C=N–C) groups is 1. The van der Waals surface area contributed by atoms with Gasteiger partial charge in [0.25, 0.3) is 0 Å². The molecule has 31 heavy (non-hydrogen) atoms. The number of hydrogen-bond acceptors (Lipinski definition) is 5. The summed E-state index contributed by atoms with van der Waals surface area (Å²) >= 11 is 0. The number of rotatable bonds is 8. The molecule has 1 aromatic carbocycles. The Hall–Kier alpha value is -2.32. The number of hydrogen-bond donors (Lipinski definition) is 2. The Balaban J connectivity index is 1.47. The first-order chi connectivity index (χ1) is 15.1. The number of ether oxygens (including phenoxy) is 1. The van der Waals surface area contributed by atoms with Crippen LogP contribution in [0.25, 0.3) is 0 Å². The van der Waals surface area contributed by atoms with Gasteiger partial charge in [-0.2, -0.15) is 0 Å². The van der Waals surface area contributed by atoms with Crippen molar-refractivity contribution in [3.63, 3.8) is 0 Å². The van der Waals surface area contributed by atoms with Crippen LogP contribution < -0.4 is 15.4 Å². The van der Waals surface area contributed by atoms with E-state index in [9.17, 15) is 4.79 Å². The summed E-state index contributed by atoms with van der Waals surface area (Å²) in [5, 5.41) is 6.97. The fraction of sp³-hybridized carbons (Fsp3) is 0.652. The Morgan fingerprint density at radius 1 is 1.06 bits per heavy atom. The number of methoxy groups -OCH3 is 1. The molecule has 2 heterocycles. The van der Waals surface area contributed by atoms with Crippen LogP contribution in [0.4, 0.5) is 0 Å². The molecule has 0 bridgehead atoms. The van der Waals surface area contributed by atoms with Crippen LogP contribution in [-0.2, 0) is 4.79 Å². The highest BCUT2D eigenvalue weighted by Crippen LogP contribution is 2.26. The molecule has 2 N–H and O–H groups in total. The van der Waals surface area contributed by atoms with Crippen LogP contribution in [0.1, 0.15) is 31.4 Å². The predicted molar refractivity (Wildman–Crippen MR) is 125 cm³/mol. The van der Waals surface area contributed by atoms with E-state index in [2.05, 4.69) is 37.6 Å². The van der Waals surface area contributed by atoms with Gasteiger partial charge >= 0.3 is 0 Å². The fourth-order valence-corrected chi connectivity index (χ4v) is 4.37. The van der Waals surface area contributed by atoms with E-state index in [0.717, 1.165) is 70.6 Å². The Bertz CT molecular complexity index is 709. The lowest BCUT2D eigenvalue weighted by molar-refractivity contribution is -0.130. The van der Waals surface area contributed by atoms with Gasteiger partial charge in [0.2, 0.25) is 5.91 Å². The van der Waals surface area contributed by atoms with Gasteiger partial charge in [-0.3, -0.25) is 19.6 Å². The van der Waals surface area contributed by atoms with Gasteiger partial charge in [-0.15, -0.1) is 0 Å². The topological polar surface area (TPSA) is 72.4 Å². The number of piperazine rings is 1. The molecule has 0 aliphatic carbocycles. The van der Waals surface area contributed by atoms with Crippen LogP contribution >= 0.6 is 0 Å². The number of benzene rings is 1. The lowest BCUT2D eigenvalue weighted by atomic mass is 10.1. The van der Waals surface area contributed by atoms with Gasteiger partial charge in [0, 0.05) is 59.8 Å². The minimum atomic E-state index is 0.173. The molecular formula is C23H38N6O2. The Morgan fingerprint density at radius 3 is 2.32 bits per heavy atom. The highest BCUT2D eigenvalue weighted by Gasteiger charge is 2.24. The third-order valence-electron chi connectivity index (χ3n) is 6.31. The monoisotopic (exact) mass is 430 g/mol. The van der Waals surface area contributed by atoms with E-state index < -0.39 is 0 Å².